The molecule has 0 aromatic carbocycles. The molecule has 1 atom stereocenters. The molecule has 30 valence electrons. The quantitative estimate of drug-likeness (QED) is 0.338. The van der Waals surface area contributed by atoms with Gasteiger partial charge in [-0.25, -0.2) is 4.21 Å². The van der Waals surface area contributed by atoms with Crippen LogP contribution in [0.25, 0.3) is 0 Å². The Kier molecular flexibility index (Phi) is 10.2. The third-order valence-electron chi connectivity index (χ3n) is 0. The summed E-state index contributed by atoms with van der Waals surface area (Å²) in [6.45, 7) is 0. The molecule has 0 aromatic rings. The first-order valence-electron chi connectivity index (χ1n) is 0.516. The van der Waals surface area contributed by atoms with Gasteiger partial charge in [0.1, 0.15) is 0 Å². The van der Waals surface area contributed by atoms with Gasteiger partial charge in [0.05, 0.1) is 11.4 Å². The fourth-order valence-electron chi connectivity index (χ4n) is 0. The topological polar surface area (TPSA) is 60.4 Å². The molecule has 5 heavy (non-hydrogen) atoms. The molecular formula is H3CaO3S-. The summed E-state index contributed by atoms with van der Waals surface area (Å²) in [4.78, 5) is 0. The Labute approximate surface area is 64.8 Å². The largest absolute Gasteiger partial charge is 2.00 e. The zero-order valence-electron chi connectivity index (χ0n) is 4.38. The van der Waals surface area contributed by atoms with E-state index in [9.17, 15) is 0 Å². The average molecular weight is 123 g/mol. The van der Waals surface area contributed by atoms with Crippen molar-refractivity contribution in [3.8, 4) is 0 Å². The zero-order valence-corrected chi connectivity index (χ0v) is 5.40. The second-order valence-corrected chi connectivity index (χ2v) is 0.651. The van der Waals surface area contributed by atoms with Gasteiger partial charge in [0.2, 0.25) is 0 Å². The van der Waals surface area contributed by atoms with Crippen LogP contribution in [0.5, 0.6) is 0 Å². The van der Waals surface area contributed by atoms with Crippen LogP contribution in [0.2, 0.25) is 0 Å². The van der Waals surface area contributed by atoms with Crippen molar-refractivity contribution < 1.29 is 16.2 Å². The maximum absolute atomic E-state index is 8.56. The molecule has 1 unspecified atom stereocenters. The first-order valence-corrected chi connectivity index (χ1v) is 1.55. The minimum Gasteiger partial charge on any atom is -1.00 e. The van der Waals surface area contributed by atoms with E-state index in [0.717, 1.165) is 0 Å². The molecule has 0 radical (unpaired) electrons. The van der Waals surface area contributed by atoms with E-state index in [1.807, 2.05) is 0 Å². The average Bonchev–Trinajstić information content (AvgIpc) is 0.811. The summed E-state index contributed by atoms with van der Waals surface area (Å²) in [5, 5.41) is 0. The zero-order chi connectivity index (χ0) is 3.58. The van der Waals surface area contributed by atoms with Crippen molar-refractivity contribution >= 4 is 49.1 Å². The first kappa shape index (κ1) is 9.59. The van der Waals surface area contributed by atoms with Crippen molar-refractivity contribution in [2.24, 2.45) is 0 Å². The van der Waals surface area contributed by atoms with Crippen molar-refractivity contribution in [2.75, 3.05) is 0 Å². The van der Waals surface area contributed by atoms with Crippen LogP contribution in [-0.4, -0.2) is 51.1 Å². The predicted molar refractivity (Wildman–Crippen MR) is 19.5 cm³/mol. The third kappa shape index (κ3) is 33.4. The Balaban J connectivity index is -0.0000000150. The Hall–Kier alpha value is 1.33. The van der Waals surface area contributed by atoms with Crippen molar-refractivity contribution in [3.63, 3.8) is 0 Å². The van der Waals surface area contributed by atoms with Crippen LogP contribution in [0.4, 0.5) is 0 Å². The van der Waals surface area contributed by atoms with Gasteiger partial charge in [0.15, 0.2) is 0 Å². The molecule has 0 saturated heterocycles. The number of hydrogen-bond donors (Lipinski definition) is 1. The van der Waals surface area contributed by atoms with E-state index >= 15 is 0 Å². The monoisotopic (exact) mass is 123 g/mol. The van der Waals surface area contributed by atoms with Gasteiger partial charge in [0.25, 0.3) is 0 Å². The molecule has 0 saturated carbocycles. The standard InChI is InChI=1S/Ca.H2O3S.2H/c;1-4(2)3;;/h;(H2,1,2,3);;/q+2;;2*-1/p-1. The van der Waals surface area contributed by atoms with Crippen molar-refractivity contribution in [1.82, 2.24) is 0 Å². The van der Waals surface area contributed by atoms with Crippen LogP contribution >= 0.6 is 0 Å². The van der Waals surface area contributed by atoms with Gasteiger partial charge < -0.3 is 12.0 Å². The van der Waals surface area contributed by atoms with Gasteiger partial charge in [-0.15, -0.1) is 0 Å². The third-order valence-corrected chi connectivity index (χ3v) is 0. The van der Waals surface area contributed by atoms with Crippen LogP contribution in [0, 0.1) is 0 Å². The summed E-state index contributed by atoms with van der Waals surface area (Å²) in [6.07, 6.45) is 0. The minimum atomic E-state index is -2.86. The predicted octanol–water partition coefficient (Wildman–Crippen LogP) is -0.817. The summed E-state index contributed by atoms with van der Waals surface area (Å²) in [6, 6.07) is 0. The molecule has 0 fully saturated rings. The normalized spacial score (nSPS) is 12.4. The summed E-state index contributed by atoms with van der Waals surface area (Å²) < 4.78 is 24.1. The molecule has 0 spiro atoms. The molecule has 1 N–H and O–H groups in total. The van der Waals surface area contributed by atoms with Gasteiger partial charge in [0, 0.05) is 0 Å². The van der Waals surface area contributed by atoms with Gasteiger partial charge in [-0.05, 0) is 0 Å². The smallest absolute Gasteiger partial charge is 1.00 e. The van der Waals surface area contributed by atoms with E-state index in [1.54, 1.807) is 0 Å². The molecule has 0 amide bonds. The molecule has 0 aromatic heterocycles. The molecule has 0 rings (SSSR count). The maximum atomic E-state index is 8.56. The second-order valence-electron chi connectivity index (χ2n) is 0.217. The van der Waals surface area contributed by atoms with Gasteiger partial charge in [-0.1, -0.05) is 0 Å². The molecular weight excluding hydrogens is 120 g/mol. The van der Waals surface area contributed by atoms with Crippen LogP contribution in [0.15, 0.2) is 0 Å². The van der Waals surface area contributed by atoms with Crippen LogP contribution in [0.1, 0.15) is 2.85 Å². The molecule has 0 aliphatic rings. The molecule has 0 heterocycles. The van der Waals surface area contributed by atoms with Crippen LogP contribution < -0.4 is 0 Å². The Morgan fingerprint density at radius 2 is 2.00 bits per heavy atom. The summed E-state index contributed by atoms with van der Waals surface area (Å²) in [7, 11) is 0. The fraction of sp³-hybridized carbons (Fsp3) is 0. The Morgan fingerprint density at radius 1 is 2.00 bits per heavy atom. The summed E-state index contributed by atoms with van der Waals surface area (Å²) in [5.74, 6) is 0. The number of hydrogen-bond acceptors (Lipinski definition) is 2. The van der Waals surface area contributed by atoms with E-state index in [2.05, 4.69) is 0 Å². The van der Waals surface area contributed by atoms with Gasteiger partial charge >= 0.3 is 37.7 Å². The van der Waals surface area contributed by atoms with Crippen LogP contribution in [-0.2, 0) is 11.4 Å². The van der Waals surface area contributed by atoms with Gasteiger partial charge in [-0.3, -0.25) is 0 Å². The maximum Gasteiger partial charge on any atom is 2.00 e. The SMILES string of the molecule is O=S([O-])O.[Ca+2].[H-].[H-]. The number of rotatable bonds is 0. The second kappa shape index (κ2) is 5.33. The first-order chi connectivity index (χ1) is 1.73. The van der Waals surface area contributed by atoms with Gasteiger partial charge in [-0.2, -0.15) is 0 Å². The summed E-state index contributed by atoms with van der Waals surface area (Å²) in [5.41, 5.74) is 0. The molecule has 0 aliphatic heterocycles. The van der Waals surface area contributed by atoms with E-state index in [1.165, 1.54) is 0 Å². The molecule has 3 nitrogen and oxygen atoms in total. The Morgan fingerprint density at radius 3 is 2.00 bits per heavy atom. The molecule has 5 heteroatoms. The summed E-state index contributed by atoms with van der Waals surface area (Å²) >= 11 is -2.86. The molecule has 0 bridgehead atoms. The van der Waals surface area contributed by atoms with Crippen molar-refractivity contribution in [3.05, 3.63) is 0 Å². The van der Waals surface area contributed by atoms with Crippen molar-refractivity contribution in [1.29, 1.82) is 0 Å². The van der Waals surface area contributed by atoms with E-state index in [0.29, 0.717) is 0 Å². The van der Waals surface area contributed by atoms with Crippen molar-refractivity contribution in [2.45, 2.75) is 0 Å². The van der Waals surface area contributed by atoms with E-state index in [-0.39, 0.29) is 40.6 Å². The fourth-order valence-corrected chi connectivity index (χ4v) is 0. The Bertz CT molecular complexity index is 35.9. The minimum absolute atomic E-state index is 0. The van der Waals surface area contributed by atoms with E-state index in [4.69, 9.17) is 13.3 Å². The molecule has 0 aliphatic carbocycles. The van der Waals surface area contributed by atoms with Crippen LogP contribution in [0.3, 0.4) is 0 Å². The van der Waals surface area contributed by atoms with E-state index < -0.39 is 11.4 Å².